The minimum atomic E-state index is -1.66. The highest BCUT2D eigenvalue weighted by Crippen LogP contribution is 2.12. The first-order valence-electron chi connectivity index (χ1n) is 27.8. The molecule has 1 aromatic carbocycles. The van der Waals surface area contributed by atoms with Gasteiger partial charge in [0.25, 0.3) is 0 Å². The molecule has 1 saturated heterocycles. The smallest absolute Gasteiger partial charge is 0.245 e. The monoisotopic (exact) mass is 1120 g/mol. The zero-order valence-electron chi connectivity index (χ0n) is 46.7. The Bertz CT molecular complexity index is 2100. The van der Waals surface area contributed by atoms with Crippen LogP contribution in [0.15, 0.2) is 30.3 Å². The molecule has 79 heavy (non-hydrogen) atoms. The van der Waals surface area contributed by atoms with Crippen LogP contribution in [0.1, 0.15) is 130 Å². The van der Waals surface area contributed by atoms with E-state index in [1.54, 1.807) is 44.2 Å². The Morgan fingerprint density at radius 3 is 1.61 bits per heavy atom. The number of aliphatic hydroxyl groups is 2. The van der Waals surface area contributed by atoms with Gasteiger partial charge >= 0.3 is 0 Å². The standard InChI is InChI=1S/C53H92N14O12/c1-6-7-8-9-10-11-15-18-42(70)66-44(33(5)69)53(79)63-37(21-26-56)46(72)62-39-23-28-58-52(78)43(32(4)68)67-49(75)38(22-27-57)60-45(71)35(19-24-54)61-50(76)40(29-31(2)3)64-51(77)41(30-34-16-13-12-14-17-34)65-47(73)36(20-25-55)59-48(39)74/h12-14,16-17,31-33,35-41,43-44,68-69H,6-11,15,18-30,54-57H2,1-5H3,(H,58,78)(H,59,74)(H,60,71)(H,61,76)(H,62,72)(H,63,79)(H,64,77)(H,65,73)(H,66,70)(H,67,75)/t32-,33-,35+,36+,37+,38+,39+,40+,41-,43+,44+/m1/s1. The van der Waals surface area contributed by atoms with Gasteiger partial charge in [-0.3, -0.25) is 47.9 Å². The van der Waals surface area contributed by atoms with Crippen LogP contribution >= 0.6 is 0 Å². The molecule has 1 heterocycles. The molecular formula is C53H92N14O12. The molecule has 0 unspecified atom stereocenters. The summed E-state index contributed by atoms with van der Waals surface area (Å²) >= 11 is 0. The maximum Gasteiger partial charge on any atom is 0.245 e. The highest BCUT2D eigenvalue weighted by Gasteiger charge is 2.37. The van der Waals surface area contributed by atoms with Crippen molar-refractivity contribution in [2.75, 3.05) is 32.7 Å². The zero-order chi connectivity index (χ0) is 59.0. The van der Waals surface area contributed by atoms with E-state index in [9.17, 15) is 58.2 Å². The third-order valence-electron chi connectivity index (χ3n) is 13.1. The molecule has 0 aromatic heterocycles. The molecule has 20 N–H and O–H groups in total. The predicted octanol–water partition coefficient (Wildman–Crippen LogP) is -3.54. The number of amides is 10. The van der Waals surface area contributed by atoms with Crippen LogP contribution < -0.4 is 76.1 Å². The number of hydrogen-bond donors (Lipinski definition) is 16. The second-order valence-corrected chi connectivity index (χ2v) is 20.5. The molecule has 26 heteroatoms. The van der Waals surface area contributed by atoms with Gasteiger partial charge in [0.05, 0.1) is 12.2 Å². The molecule has 0 aliphatic carbocycles. The van der Waals surface area contributed by atoms with Gasteiger partial charge in [-0.05, 0) is 96.5 Å². The lowest BCUT2D eigenvalue weighted by molar-refractivity contribution is -0.136. The van der Waals surface area contributed by atoms with Crippen LogP contribution in [0.5, 0.6) is 0 Å². The molecule has 10 amide bonds. The molecule has 0 bridgehead atoms. The first kappa shape index (κ1) is 68.8. The Kier molecular flexibility index (Phi) is 32.7. The fourth-order valence-corrected chi connectivity index (χ4v) is 8.67. The average Bonchev–Trinajstić information content (AvgIpc) is 3.40. The summed E-state index contributed by atoms with van der Waals surface area (Å²) in [4.78, 5) is 139. The van der Waals surface area contributed by atoms with Gasteiger partial charge in [0, 0.05) is 19.4 Å². The molecule has 0 saturated carbocycles. The van der Waals surface area contributed by atoms with Crippen molar-refractivity contribution in [1.82, 2.24) is 53.2 Å². The van der Waals surface area contributed by atoms with Crippen molar-refractivity contribution in [3.05, 3.63) is 35.9 Å². The number of nitrogens with one attached hydrogen (secondary N) is 10. The number of hydrogen-bond acceptors (Lipinski definition) is 16. The minimum absolute atomic E-state index is 0.0629. The van der Waals surface area contributed by atoms with Gasteiger partial charge in [-0.1, -0.05) is 89.6 Å². The van der Waals surface area contributed by atoms with Crippen molar-refractivity contribution >= 4 is 59.1 Å². The summed E-state index contributed by atoms with van der Waals surface area (Å²) in [6.45, 7) is 7.24. The second kappa shape index (κ2) is 37.5. The predicted molar refractivity (Wildman–Crippen MR) is 295 cm³/mol. The van der Waals surface area contributed by atoms with Gasteiger partial charge in [-0.25, -0.2) is 0 Å². The number of carbonyl (C=O) groups is 10. The quantitative estimate of drug-likeness (QED) is 0.0380. The topological polar surface area (TPSA) is 436 Å². The van der Waals surface area contributed by atoms with Crippen LogP contribution in [0.2, 0.25) is 0 Å². The Hall–Kier alpha value is -6.32. The second-order valence-electron chi connectivity index (χ2n) is 20.5. The van der Waals surface area contributed by atoms with E-state index < -0.39 is 139 Å². The van der Waals surface area contributed by atoms with Crippen LogP contribution in [0.25, 0.3) is 0 Å². The molecule has 1 aliphatic heterocycles. The normalized spacial score (nSPS) is 23.0. The summed E-state index contributed by atoms with van der Waals surface area (Å²) in [5.74, 6) is -8.77. The van der Waals surface area contributed by atoms with Gasteiger partial charge in [0.15, 0.2) is 0 Å². The van der Waals surface area contributed by atoms with E-state index >= 15 is 0 Å². The minimum Gasteiger partial charge on any atom is -0.391 e. The molecule has 26 nitrogen and oxygen atoms in total. The molecule has 2 rings (SSSR count). The van der Waals surface area contributed by atoms with Crippen LogP contribution in [-0.4, -0.2) is 169 Å². The third kappa shape index (κ3) is 25.6. The lowest BCUT2D eigenvalue weighted by atomic mass is 10.00. The van der Waals surface area contributed by atoms with Gasteiger partial charge in [-0.15, -0.1) is 0 Å². The van der Waals surface area contributed by atoms with E-state index in [0.29, 0.717) is 12.0 Å². The summed E-state index contributed by atoms with van der Waals surface area (Å²) in [6, 6.07) is -4.44. The molecule has 0 radical (unpaired) electrons. The Morgan fingerprint density at radius 2 is 1.09 bits per heavy atom. The van der Waals surface area contributed by atoms with E-state index in [1.807, 2.05) is 0 Å². The summed E-state index contributed by atoms with van der Waals surface area (Å²) in [5.41, 5.74) is 24.1. The molecule has 11 atom stereocenters. The number of benzene rings is 1. The van der Waals surface area contributed by atoms with Gasteiger partial charge < -0.3 is 86.3 Å². The van der Waals surface area contributed by atoms with Crippen molar-refractivity contribution in [2.45, 2.75) is 198 Å². The first-order chi connectivity index (χ1) is 37.6. The van der Waals surface area contributed by atoms with Crippen LogP contribution in [-0.2, 0) is 54.4 Å². The number of unbranched alkanes of at least 4 members (excludes halogenated alkanes) is 6. The lowest BCUT2D eigenvalue weighted by Gasteiger charge is -2.28. The highest BCUT2D eigenvalue weighted by atomic mass is 16.3. The van der Waals surface area contributed by atoms with Crippen LogP contribution in [0.3, 0.4) is 0 Å². The van der Waals surface area contributed by atoms with Gasteiger partial charge in [0.1, 0.15) is 54.4 Å². The van der Waals surface area contributed by atoms with E-state index in [0.717, 1.165) is 38.5 Å². The number of nitrogens with two attached hydrogens (primary N) is 4. The summed E-state index contributed by atoms with van der Waals surface area (Å²) in [7, 11) is 0. The fourth-order valence-electron chi connectivity index (χ4n) is 8.67. The maximum absolute atomic E-state index is 14.4. The molecule has 1 aliphatic rings. The van der Waals surface area contributed by atoms with Crippen molar-refractivity contribution < 1.29 is 58.2 Å². The number of rotatable bonds is 27. The van der Waals surface area contributed by atoms with Crippen molar-refractivity contribution in [1.29, 1.82) is 0 Å². The largest absolute Gasteiger partial charge is 0.391 e. The molecule has 446 valence electrons. The first-order valence-corrected chi connectivity index (χ1v) is 27.8. The van der Waals surface area contributed by atoms with Gasteiger partial charge in [-0.2, -0.15) is 0 Å². The maximum atomic E-state index is 14.4. The summed E-state index contributed by atoms with van der Waals surface area (Å²) in [6.07, 6.45) is 2.72. The van der Waals surface area contributed by atoms with E-state index in [-0.39, 0.29) is 77.0 Å². The lowest BCUT2D eigenvalue weighted by Crippen LogP contribution is -2.61. The Morgan fingerprint density at radius 1 is 0.595 bits per heavy atom. The summed E-state index contributed by atoms with van der Waals surface area (Å²) < 4.78 is 0. The highest BCUT2D eigenvalue weighted by molar-refractivity contribution is 5.99. The van der Waals surface area contributed by atoms with E-state index in [4.69, 9.17) is 22.9 Å². The van der Waals surface area contributed by atoms with E-state index in [1.165, 1.54) is 13.8 Å². The molecule has 1 fully saturated rings. The van der Waals surface area contributed by atoms with E-state index in [2.05, 4.69) is 60.1 Å². The molecule has 0 spiro atoms. The third-order valence-corrected chi connectivity index (χ3v) is 13.1. The molecular weight excluding hydrogens is 1020 g/mol. The van der Waals surface area contributed by atoms with Crippen LogP contribution in [0, 0.1) is 5.92 Å². The summed E-state index contributed by atoms with van der Waals surface area (Å²) in [5, 5.41) is 47.0. The molecule has 1 aromatic rings. The average molecular weight is 1120 g/mol. The van der Waals surface area contributed by atoms with Crippen LogP contribution in [0.4, 0.5) is 0 Å². The van der Waals surface area contributed by atoms with Crippen molar-refractivity contribution in [2.24, 2.45) is 28.9 Å². The Labute approximate surface area is 464 Å². The zero-order valence-corrected chi connectivity index (χ0v) is 46.7. The SMILES string of the molecule is CCCCCCCCCC(=O)N[C@H](C(=O)N[C@@H](CCN)C(=O)N[C@H]1CCNC(=O)[C@H]([C@@H](C)O)NC(=O)[C@H](CCN)NC(=O)[C@H](CCN)NC(=O)[C@H](CC(C)C)NC(=O)[C@@H](Cc2ccccc2)NC(=O)[C@H](CCN)NC1=O)[C@@H](C)O. The Balaban J connectivity index is 2.66. The fraction of sp³-hybridized carbons (Fsp3) is 0.698. The van der Waals surface area contributed by atoms with Crippen molar-refractivity contribution in [3.63, 3.8) is 0 Å². The van der Waals surface area contributed by atoms with Gasteiger partial charge in [0.2, 0.25) is 59.1 Å². The number of carbonyl (C=O) groups excluding carboxylic acids is 10. The number of aliphatic hydroxyl groups excluding tert-OH is 2. The van der Waals surface area contributed by atoms with Crippen molar-refractivity contribution in [3.8, 4) is 0 Å².